The van der Waals surface area contributed by atoms with Gasteiger partial charge >= 0.3 is 0 Å². The van der Waals surface area contributed by atoms with Gasteiger partial charge in [0.05, 0.1) is 11.7 Å². The zero-order chi connectivity index (χ0) is 24.5. The summed E-state index contributed by atoms with van der Waals surface area (Å²) in [6, 6.07) is 17.2. The number of halogens is 3. The molecular weight excluding hydrogens is 472 g/mol. The van der Waals surface area contributed by atoms with E-state index in [9.17, 15) is 13.9 Å². The Balaban J connectivity index is 1.40. The number of phenols is 1. The minimum absolute atomic E-state index is 0.0229. The zero-order valence-corrected chi connectivity index (χ0v) is 20.1. The molecule has 0 bridgehead atoms. The summed E-state index contributed by atoms with van der Waals surface area (Å²) in [5, 5.41) is 10.4. The molecule has 3 aromatic rings. The van der Waals surface area contributed by atoms with Crippen LogP contribution in [0.5, 0.6) is 17.2 Å². The Morgan fingerprint density at radius 3 is 2.46 bits per heavy atom. The van der Waals surface area contributed by atoms with E-state index in [4.69, 9.17) is 21.1 Å². The molecule has 0 spiro atoms. The normalized spacial score (nSPS) is 18.1. The summed E-state index contributed by atoms with van der Waals surface area (Å²) in [5.41, 5.74) is 4.03. The van der Waals surface area contributed by atoms with Crippen molar-refractivity contribution in [1.29, 1.82) is 0 Å². The highest BCUT2D eigenvalue weighted by atomic mass is 35.5. The lowest BCUT2D eigenvalue weighted by Crippen LogP contribution is -2.49. The van der Waals surface area contributed by atoms with E-state index in [0.717, 1.165) is 47.7 Å². The average molecular weight is 498 g/mol. The van der Waals surface area contributed by atoms with Crippen LogP contribution in [-0.2, 0) is 0 Å². The summed E-state index contributed by atoms with van der Waals surface area (Å²) in [7, 11) is 0. The van der Waals surface area contributed by atoms with Gasteiger partial charge in [0.25, 0.3) is 0 Å². The van der Waals surface area contributed by atoms with E-state index in [1.807, 2.05) is 31.2 Å². The average Bonchev–Trinajstić information content (AvgIpc) is 2.84. The molecule has 2 heterocycles. The van der Waals surface area contributed by atoms with Crippen molar-refractivity contribution in [3.8, 4) is 17.2 Å². The fraction of sp³-hybridized carbons (Fsp3) is 0.286. The molecule has 5 rings (SSSR count). The molecule has 0 saturated carbocycles. The molecule has 7 heteroatoms. The number of rotatable bonds is 7. The summed E-state index contributed by atoms with van der Waals surface area (Å²) in [6.45, 7) is 4.56. The minimum atomic E-state index is -0.457. The molecule has 4 nitrogen and oxygen atoms in total. The van der Waals surface area contributed by atoms with Crippen LogP contribution >= 0.6 is 11.6 Å². The van der Waals surface area contributed by atoms with E-state index >= 15 is 0 Å². The van der Waals surface area contributed by atoms with Gasteiger partial charge in [-0.3, -0.25) is 9.29 Å². The summed E-state index contributed by atoms with van der Waals surface area (Å²) in [4.78, 5) is 2.18. The highest BCUT2D eigenvalue weighted by molar-refractivity contribution is 6.34. The standard InChI is InChI=1S/C28H26ClF2NO3/c1-17-25(19-2-6-21(31)7-3-19)28(35-24-11-10-23(33)27(29)26(17)24)20-4-8-22(9-5-20)34-13-12-32-15-18(14-30)16-32/h2-11,18,28,33H,12-16H2,1H3/t28-/m1/s1. The van der Waals surface area contributed by atoms with Gasteiger partial charge < -0.3 is 14.6 Å². The van der Waals surface area contributed by atoms with Gasteiger partial charge in [-0.2, -0.15) is 0 Å². The molecule has 1 N–H and O–H groups in total. The molecule has 0 amide bonds. The lowest BCUT2D eigenvalue weighted by molar-refractivity contribution is 0.0668. The predicted molar refractivity (Wildman–Crippen MR) is 133 cm³/mol. The van der Waals surface area contributed by atoms with Crippen LogP contribution in [0.3, 0.4) is 0 Å². The Bertz CT molecular complexity index is 1240. The van der Waals surface area contributed by atoms with Crippen LogP contribution < -0.4 is 9.47 Å². The highest BCUT2D eigenvalue weighted by Gasteiger charge is 2.31. The first-order valence-electron chi connectivity index (χ1n) is 11.6. The van der Waals surface area contributed by atoms with Crippen LogP contribution in [0.2, 0.25) is 5.02 Å². The Hall–Kier alpha value is -3.09. The molecule has 0 aromatic heterocycles. The summed E-state index contributed by atoms with van der Waals surface area (Å²) >= 11 is 6.44. The molecular formula is C28H26ClF2NO3. The second-order valence-corrected chi connectivity index (χ2v) is 9.39. The molecule has 1 fully saturated rings. The molecule has 1 saturated heterocycles. The summed E-state index contributed by atoms with van der Waals surface area (Å²) in [5.74, 6) is 1.13. The molecule has 0 unspecified atom stereocenters. The van der Waals surface area contributed by atoms with Crippen LogP contribution in [0.15, 0.2) is 60.7 Å². The molecule has 0 radical (unpaired) electrons. The fourth-order valence-electron chi connectivity index (χ4n) is 4.73. The van der Waals surface area contributed by atoms with Gasteiger partial charge in [-0.15, -0.1) is 0 Å². The monoisotopic (exact) mass is 497 g/mol. The molecule has 0 aliphatic carbocycles. The van der Waals surface area contributed by atoms with Gasteiger partial charge in [0.15, 0.2) is 0 Å². The smallest absolute Gasteiger partial charge is 0.150 e. The van der Waals surface area contributed by atoms with Crippen molar-refractivity contribution >= 4 is 22.7 Å². The summed E-state index contributed by atoms with van der Waals surface area (Å²) < 4.78 is 38.5. The van der Waals surface area contributed by atoms with Gasteiger partial charge in [-0.05, 0) is 60.0 Å². The summed E-state index contributed by atoms with van der Waals surface area (Å²) in [6.07, 6.45) is -0.457. The molecule has 182 valence electrons. The zero-order valence-electron chi connectivity index (χ0n) is 19.3. The van der Waals surface area contributed by atoms with Crippen LogP contribution in [0.1, 0.15) is 29.7 Å². The predicted octanol–water partition coefficient (Wildman–Crippen LogP) is 6.53. The number of hydrogen-bond donors (Lipinski definition) is 1. The maximum atomic E-state index is 13.7. The second kappa shape index (κ2) is 9.88. The van der Waals surface area contributed by atoms with Crippen molar-refractivity contribution in [2.45, 2.75) is 13.0 Å². The van der Waals surface area contributed by atoms with Crippen molar-refractivity contribution in [2.75, 3.05) is 32.9 Å². The lowest BCUT2D eigenvalue weighted by atomic mass is 9.86. The van der Waals surface area contributed by atoms with Crippen LogP contribution in [0.25, 0.3) is 11.1 Å². The number of phenolic OH excluding ortho intramolecular Hbond substituents is 1. The Kier molecular flexibility index (Phi) is 6.67. The van der Waals surface area contributed by atoms with Crippen molar-refractivity contribution in [1.82, 2.24) is 4.90 Å². The van der Waals surface area contributed by atoms with E-state index in [-0.39, 0.29) is 29.2 Å². The first-order chi connectivity index (χ1) is 16.9. The number of fused-ring (bicyclic) bond motifs is 1. The van der Waals surface area contributed by atoms with Crippen molar-refractivity contribution in [3.05, 3.63) is 88.2 Å². The van der Waals surface area contributed by atoms with E-state index < -0.39 is 6.10 Å². The lowest BCUT2D eigenvalue weighted by Gasteiger charge is -2.37. The molecule has 2 aliphatic heterocycles. The highest BCUT2D eigenvalue weighted by Crippen LogP contribution is 2.50. The van der Waals surface area contributed by atoms with Crippen LogP contribution in [0, 0.1) is 11.7 Å². The maximum absolute atomic E-state index is 13.7. The number of alkyl halides is 1. The second-order valence-electron chi connectivity index (χ2n) is 9.01. The number of hydrogen-bond acceptors (Lipinski definition) is 4. The Morgan fingerprint density at radius 1 is 1.06 bits per heavy atom. The number of nitrogens with zero attached hydrogens (tertiary/aromatic N) is 1. The third kappa shape index (κ3) is 4.73. The molecule has 35 heavy (non-hydrogen) atoms. The van der Waals surface area contributed by atoms with E-state index in [1.54, 1.807) is 18.2 Å². The number of aromatic hydroxyl groups is 1. The first-order valence-corrected chi connectivity index (χ1v) is 12.0. The Morgan fingerprint density at radius 2 is 1.77 bits per heavy atom. The molecule has 3 aromatic carbocycles. The van der Waals surface area contributed by atoms with Crippen molar-refractivity contribution in [3.63, 3.8) is 0 Å². The third-order valence-corrected chi connectivity index (χ3v) is 7.02. The van der Waals surface area contributed by atoms with Gasteiger partial charge in [0.1, 0.15) is 35.8 Å². The van der Waals surface area contributed by atoms with E-state index in [1.165, 1.54) is 18.2 Å². The first kappa shape index (κ1) is 23.6. The number of allylic oxidation sites excluding steroid dienone is 1. The van der Waals surface area contributed by atoms with Gasteiger partial charge in [0.2, 0.25) is 0 Å². The maximum Gasteiger partial charge on any atom is 0.150 e. The van der Waals surface area contributed by atoms with Crippen molar-refractivity contribution in [2.24, 2.45) is 5.92 Å². The number of likely N-dealkylation sites (tertiary alicyclic amines) is 1. The Labute approximate surface area is 208 Å². The van der Waals surface area contributed by atoms with Gasteiger partial charge in [-0.25, -0.2) is 4.39 Å². The van der Waals surface area contributed by atoms with Gasteiger partial charge in [-0.1, -0.05) is 35.9 Å². The minimum Gasteiger partial charge on any atom is -0.506 e. The van der Waals surface area contributed by atoms with Crippen molar-refractivity contribution < 1.29 is 23.4 Å². The largest absolute Gasteiger partial charge is 0.506 e. The number of ether oxygens (including phenoxy) is 2. The number of benzene rings is 3. The topological polar surface area (TPSA) is 41.9 Å². The van der Waals surface area contributed by atoms with E-state index in [0.29, 0.717) is 17.9 Å². The van der Waals surface area contributed by atoms with Crippen LogP contribution in [-0.4, -0.2) is 42.9 Å². The SMILES string of the molecule is CC1=C(c2ccc(F)cc2)[C@@H](c2ccc(OCCN3CC(CF)C3)cc2)Oc2ccc(O)c(Cl)c21. The van der Waals surface area contributed by atoms with Crippen LogP contribution in [0.4, 0.5) is 8.78 Å². The van der Waals surface area contributed by atoms with E-state index in [2.05, 4.69) is 4.90 Å². The fourth-order valence-corrected chi connectivity index (χ4v) is 5.03. The third-order valence-electron chi connectivity index (χ3n) is 6.63. The quantitative estimate of drug-likeness (QED) is 0.403. The molecule has 1 atom stereocenters. The van der Waals surface area contributed by atoms with Gasteiger partial charge in [0, 0.05) is 36.7 Å². The molecule has 2 aliphatic rings.